The minimum atomic E-state index is -0.366. The molecule has 0 fully saturated rings. The number of benzene rings is 2. The van der Waals surface area contributed by atoms with Gasteiger partial charge in [0.15, 0.2) is 0 Å². The minimum absolute atomic E-state index is 0.109. The number of hydrogen-bond acceptors (Lipinski definition) is 6. The Morgan fingerprint density at radius 2 is 1.72 bits per heavy atom. The van der Waals surface area contributed by atoms with Gasteiger partial charge in [-0.2, -0.15) is 0 Å². The van der Waals surface area contributed by atoms with Crippen molar-refractivity contribution in [3.05, 3.63) is 54.1 Å². The Hall–Kier alpha value is -2.80. The zero-order valence-corrected chi connectivity index (χ0v) is 18.0. The predicted molar refractivity (Wildman–Crippen MR) is 118 cm³/mol. The lowest BCUT2D eigenvalue weighted by atomic mass is 10.2. The molecule has 1 atom stereocenters. The molecule has 1 amide bonds. The maximum atomic E-state index is 12.4. The molecule has 3 rings (SSSR count). The molecule has 0 aliphatic rings. The van der Waals surface area contributed by atoms with Crippen molar-refractivity contribution in [2.45, 2.75) is 38.2 Å². The third-order valence-electron chi connectivity index (χ3n) is 4.62. The molecule has 1 N–H and O–H groups in total. The molecule has 0 saturated carbocycles. The van der Waals surface area contributed by atoms with Crippen LogP contribution in [0.15, 0.2) is 58.2 Å². The summed E-state index contributed by atoms with van der Waals surface area (Å²) in [6.07, 6.45) is 0. The number of hydrogen-bond donors (Lipinski definition) is 1. The molecule has 0 aliphatic carbocycles. The molecule has 0 bridgehead atoms. The summed E-state index contributed by atoms with van der Waals surface area (Å²) in [7, 11) is 0. The number of anilines is 2. The Labute approximate surface area is 175 Å². The molecule has 0 radical (unpaired) electrons. The van der Waals surface area contributed by atoms with E-state index in [-0.39, 0.29) is 11.2 Å². The summed E-state index contributed by atoms with van der Waals surface area (Å²) in [5, 5.41) is 11.1. The van der Waals surface area contributed by atoms with E-state index in [2.05, 4.69) is 46.4 Å². The van der Waals surface area contributed by atoms with Crippen LogP contribution in [0.3, 0.4) is 0 Å². The van der Waals surface area contributed by atoms with Gasteiger partial charge in [-0.15, -0.1) is 10.2 Å². The van der Waals surface area contributed by atoms with Crippen molar-refractivity contribution in [2.24, 2.45) is 0 Å². The van der Waals surface area contributed by atoms with E-state index in [1.165, 1.54) is 11.8 Å². The standard InChI is InChI=1S/C22H26N4O2S/c1-5-26(6-2)19-13-9-17(10-14-19)21-24-25-22(28-21)29-16(4)20(27)23-18-11-7-15(3)8-12-18/h7-14,16H,5-6H2,1-4H3,(H,23,27). The average Bonchev–Trinajstić information content (AvgIpc) is 3.19. The van der Waals surface area contributed by atoms with Crippen LogP contribution < -0.4 is 10.2 Å². The fraction of sp³-hybridized carbons (Fsp3) is 0.318. The van der Waals surface area contributed by atoms with E-state index in [4.69, 9.17) is 4.42 Å². The third-order valence-corrected chi connectivity index (χ3v) is 5.55. The van der Waals surface area contributed by atoms with Gasteiger partial charge in [0, 0.05) is 30.0 Å². The molecule has 0 spiro atoms. The molecule has 7 heteroatoms. The molecular formula is C22H26N4O2S. The lowest BCUT2D eigenvalue weighted by Crippen LogP contribution is -2.22. The summed E-state index contributed by atoms with van der Waals surface area (Å²) in [6, 6.07) is 15.8. The van der Waals surface area contributed by atoms with Crippen LogP contribution in [0.1, 0.15) is 26.3 Å². The van der Waals surface area contributed by atoms with Crippen molar-refractivity contribution < 1.29 is 9.21 Å². The Morgan fingerprint density at radius 3 is 2.34 bits per heavy atom. The van der Waals surface area contributed by atoms with Crippen molar-refractivity contribution in [3.8, 4) is 11.5 Å². The van der Waals surface area contributed by atoms with Crippen molar-refractivity contribution >= 4 is 29.0 Å². The van der Waals surface area contributed by atoms with Gasteiger partial charge in [-0.3, -0.25) is 4.79 Å². The average molecular weight is 411 g/mol. The van der Waals surface area contributed by atoms with E-state index in [1.54, 1.807) is 0 Å². The Balaban J connectivity index is 1.62. The lowest BCUT2D eigenvalue weighted by molar-refractivity contribution is -0.115. The van der Waals surface area contributed by atoms with Gasteiger partial charge in [-0.05, 0) is 64.1 Å². The predicted octanol–water partition coefficient (Wildman–Crippen LogP) is 5.01. The molecule has 3 aromatic rings. The van der Waals surface area contributed by atoms with Gasteiger partial charge in [0.2, 0.25) is 11.8 Å². The zero-order chi connectivity index (χ0) is 20.8. The van der Waals surface area contributed by atoms with Gasteiger partial charge in [0.1, 0.15) is 0 Å². The number of amides is 1. The number of aromatic nitrogens is 2. The van der Waals surface area contributed by atoms with Gasteiger partial charge < -0.3 is 14.6 Å². The van der Waals surface area contributed by atoms with E-state index in [9.17, 15) is 4.79 Å². The van der Waals surface area contributed by atoms with Gasteiger partial charge in [0.25, 0.3) is 5.22 Å². The van der Waals surface area contributed by atoms with E-state index >= 15 is 0 Å². The number of aryl methyl sites for hydroxylation is 1. The number of thioether (sulfide) groups is 1. The van der Waals surface area contributed by atoms with Crippen molar-refractivity contribution in [1.82, 2.24) is 10.2 Å². The zero-order valence-electron chi connectivity index (χ0n) is 17.2. The van der Waals surface area contributed by atoms with Crippen LogP contribution in [0.4, 0.5) is 11.4 Å². The second kappa shape index (κ2) is 9.60. The topological polar surface area (TPSA) is 71.3 Å². The Bertz CT molecular complexity index is 934. The first-order chi connectivity index (χ1) is 14.0. The van der Waals surface area contributed by atoms with E-state index in [1.807, 2.05) is 50.2 Å². The summed E-state index contributed by atoms with van der Waals surface area (Å²) in [5.74, 6) is 0.340. The molecule has 152 valence electrons. The summed E-state index contributed by atoms with van der Waals surface area (Å²) in [4.78, 5) is 14.7. The molecule has 6 nitrogen and oxygen atoms in total. The molecule has 29 heavy (non-hydrogen) atoms. The monoisotopic (exact) mass is 410 g/mol. The van der Waals surface area contributed by atoms with Gasteiger partial charge in [-0.25, -0.2) is 0 Å². The van der Waals surface area contributed by atoms with E-state index in [0.717, 1.165) is 35.6 Å². The maximum absolute atomic E-state index is 12.4. The highest BCUT2D eigenvalue weighted by Crippen LogP contribution is 2.28. The van der Waals surface area contributed by atoms with Gasteiger partial charge in [0.05, 0.1) is 5.25 Å². The number of nitrogens with one attached hydrogen (secondary N) is 1. The van der Waals surface area contributed by atoms with Crippen LogP contribution in [0, 0.1) is 6.92 Å². The number of carbonyl (C=O) groups excluding carboxylic acids is 1. The minimum Gasteiger partial charge on any atom is -0.411 e. The number of carbonyl (C=O) groups is 1. The van der Waals surface area contributed by atoms with Crippen molar-refractivity contribution in [1.29, 1.82) is 0 Å². The van der Waals surface area contributed by atoms with Crippen LogP contribution in [0.5, 0.6) is 0 Å². The van der Waals surface area contributed by atoms with E-state index < -0.39 is 0 Å². The molecule has 1 heterocycles. The van der Waals surface area contributed by atoms with Crippen LogP contribution in [-0.2, 0) is 4.79 Å². The maximum Gasteiger partial charge on any atom is 0.277 e. The fourth-order valence-corrected chi connectivity index (χ4v) is 3.55. The van der Waals surface area contributed by atoms with Crippen LogP contribution in [0.2, 0.25) is 0 Å². The first-order valence-electron chi connectivity index (χ1n) is 9.73. The van der Waals surface area contributed by atoms with Gasteiger partial charge in [-0.1, -0.05) is 29.5 Å². The normalized spacial score (nSPS) is 11.9. The molecule has 1 unspecified atom stereocenters. The largest absolute Gasteiger partial charge is 0.411 e. The lowest BCUT2D eigenvalue weighted by Gasteiger charge is -2.20. The highest BCUT2D eigenvalue weighted by Gasteiger charge is 2.19. The smallest absolute Gasteiger partial charge is 0.277 e. The van der Waals surface area contributed by atoms with Crippen molar-refractivity contribution in [3.63, 3.8) is 0 Å². The molecule has 2 aromatic carbocycles. The molecular weight excluding hydrogens is 384 g/mol. The third kappa shape index (κ3) is 5.38. The highest BCUT2D eigenvalue weighted by atomic mass is 32.2. The van der Waals surface area contributed by atoms with Crippen LogP contribution >= 0.6 is 11.8 Å². The number of nitrogens with zero attached hydrogens (tertiary/aromatic N) is 3. The van der Waals surface area contributed by atoms with E-state index in [0.29, 0.717) is 11.1 Å². The summed E-state index contributed by atoms with van der Waals surface area (Å²) in [5.41, 5.74) is 3.94. The Kier molecular flexibility index (Phi) is 6.93. The molecule has 0 aliphatic heterocycles. The first kappa shape index (κ1) is 20.9. The van der Waals surface area contributed by atoms with Crippen molar-refractivity contribution in [2.75, 3.05) is 23.3 Å². The summed E-state index contributed by atoms with van der Waals surface area (Å²) in [6.45, 7) is 10.0. The second-order valence-electron chi connectivity index (χ2n) is 6.71. The number of rotatable bonds is 8. The second-order valence-corrected chi connectivity index (χ2v) is 8.00. The van der Waals surface area contributed by atoms with Crippen LogP contribution in [0.25, 0.3) is 11.5 Å². The SMILES string of the molecule is CCN(CC)c1ccc(-c2nnc(SC(C)C(=O)Nc3ccc(C)cc3)o2)cc1. The fourth-order valence-electron chi connectivity index (χ4n) is 2.86. The highest BCUT2D eigenvalue weighted by molar-refractivity contribution is 8.00. The van der Waals surface area contributed by atoms with Crippen LogP contribution in [-0.4, -0.2) is 34.4 Å². The quantitative estimate of drug-likeness (QED) is 0.526. The summed E-state index contributed by atoms with van der Waals surface area (Å²) >= 11 is 1.24. The molecule has 0 saturated heterocycles. The van der Waals surface area contributed by atoms with Gasteiger partial charge >= 0.3 is 0 Å². The first-order valence-corrected chi connectivity index (χ1v) is 10.6. The summed E-state index contributed by atoms with van der Waals surface area (Å²) < 4.78 is 5.76. The Morgan fingerprint density at radius 1 is 1.07 bits per heavy atom. The molecule has 1 aromatic heterocycles.